The molecule has 122 valence electrons. The molecule has 5 atom stereocenters. The zero-order valence-corrected chi connectivity index (χ0v) is 13.2. The molecule has 1 aliphatic rings. The summed E-state index contributed by atoms with van der Waals surface area (Å²) in [5.41, 5.74) is 0. The van der Waals surface area contributed by atoms with Crippen molar-refractivity contribution in [3.63, 3.8) is 0 Å². The van der Waals surface area contributed by atoms with Gasteiger partial charge < -0.3 is 18.9 Å². The molecule has 7 nitrogen and oxygen atoms in total. The van der Waals surface area contributed by atoms with Gasteiger partial charge in [-0.2, -0.15) is 0 Å². The maximum atomic E-state index is 11.3. The minimum absolute atomic E-state index is 0.368. The van der Waals surface area contributed by atoms with E-state index in [1.807, 2.05) is 0 Å². The quantitative estimate of drug-likeness (QED) is 0.432. The van der Waals surface area contributed by atoms with E-state index in [2.05, 4.69) is 11.8 Å². The third kappa shape index (κ3) is 4.74. The van der Waals surface area contributed by atoms with E-state index in [-0.39, 0.29) is 5.92 Å². The molecule has 0 bridgehead atoms. The Balaban J connectivity index is 3.14. The van der Waals surface area contributed by atoms with Crippen LogP contribution in [0.2, 0.25) is 0 Å². The third-order valence-electron chi connectivity index (χ3n) is 3.04. The Bertz CT molecular complexity index is 502. The molecule has 0 amide bonds. The summed E-state index contributed by atoms with van der Waals surface area (Å²) in [6.07, 6.45) is -3.68. The van der Waals surface area contributed by atoms with Crippen LogP contribution >= 0.6 is 0 Å². The van der Waals surface area contributed by atoms with Gasteiger partial charge in [-0.1, -0.05) is 12.8 Å². The summed E-state index contributed by atoms with van der Waals surface area (Å²) in [4.78, 5) is 33.9. The molecule has 0 saturated carbocycles. The van der Waals surface area contributed by atoms with E-state index < -0.39 is 42.5 Å². The molecule has 22 heavy (non-hydrogen) atoms. The maximum absolute atomic E-state index is 11.3. The summed E-state index contributed by atoms with van der Waals surface area (Å²) < 4.78 is 21.0. The van der Waals surface area contributed by atoms with E-state index in [9.17, 15) is 14.4 Å². The average molecular weight is 312 g/mol. The third-order valence-corrected chi connectivity index (χ3v) is 3.04. The van der Waals surface area contributed by atoms with Crippen LogP contribution < -0.4 is 0 Å². The monoisotopic (exact) mass is 312 g/mol. The van der Waals surface area contributed by atoms with Crippen LogP contribution in [0.15, 0.2) is 0 Å². The summed E-state index contributed by atoms with van der Waals surface area (Å²) >= 11 is 0. The number of ether oxygens (including phenoxy) is 4. The molecule has 0 aromatic rings. The smallest absolute Gasteiger partial charge is 0.305 e. The van der Waals surface area contributed by atoms with Crippen LogP contribution in [0.25, 0.3) is 0 Å². The molecule has 1 aliphatic heterocycles. The van der Waals surface area contributed by atoms with E-state index in [1.165, 1.54) is 20.8 Å². The van der Waals surface area contributed by atoms with E-state index in [4.69, 9.17) is 18.9 Å². The predicted molar refractivity (Wildman–Crippen MR) is 74.1 cm³/mol. The molecule has 0 radical (unpaired) electrons. The summed E-state index contributed by atoms with van der Waals surface area (Å²) in [6.45, 7) is 7.04. The SMILES string of the molecule is CC#C[C@@H]1OC(OC(C)=O)[C@@H](OC(C)=O)[C@H](OC(C)=O)[C@@H]1C. The van der Waals surface area contributed by atoms with E-state index >= 15 is 0 Å². The molecular weight excluding hydrogens is 292 g/mol. The van der Waals surface area contributed by atoms with Crippen LogP contribution in [-0.4, -0.2) is 42.5 Å². The number of carbonyl (C=O) groups excluding carboxylic acids is 3. The van der Waals surface area contributed by atoms with Crippen molar-refractivity contribution in [1.82, 2.24) is 0 Å². The molecule has 0 aliphatic carbocycles. The lowest BCUT2D eigenvalue weighted by Gasteiger charge is -2.41. The van der Waals surface area contributed by atoms with Crippen molar-refractivity contribution in [2.45, 2.75) is 59.2 Å². The van der Waals surface area contributed by atoms with Crippen molar-refractivity contribution in [2.75, 3.05) is 0 Å². The Kier molecular flexibility index (Phi) is 6.38. The Labute approximate surface area is 129 Å². The lowest BCUT2D eigenvalue weighted by atomic mass is 9.90. The number of hydrogen-bond acceptors (Lipinski definition) is 7. The minimum Gasteiger partial charge on any atom is -0.458 e. The molecule has 0 N–H and O–H groups in total. The summed E-state index contributed by atoms with van der Waals surface area (Å²) in [6, 6.07) is 0. The Hall–Kier alpha value is -2.07. The van der Waals surface area contributed by atoms with Crippen molar-refractivity contribution in [2.24, 2.45) is 5.92 Å². The molecule has 7 heteroatoms. The molecule has 0 aromatic heterocycles. The molecule has 0 spiro atoms. The largest absolute Gasteiger partial charge is 0.458 e. The second-order valence-corrected chi connectivity index (χ2v) is 4.94. The van der Waals surface area contributed by atoms with Crippen molar-refractivity contribution in [3.8, 4) is 11.8 Å². The highest BCUT2D eigenvalue weighted by Gasteiger charge is 2.49. The van der Waals surface area contributed by atoms with Crippen molar-refractivity contribution < 1.29 is 33.3 Å². The van der Waals surface area contributed by atoms with Gasteiger partial charge in [0.25, 0.3) is 0 Å². The van der Waals surface area contributed by atoms with Gasteiger partial charge in [0.05, 0.1) is 0 Å². The highest BCUT2D eigenvalue weighted by Crippen LogP contribution is 2.31. The Morgan fingerprint density at radius 1 is 0.909 bits per heavy atom. The normalized spacial score (nSPS) is 30.5. The fourth-order valence-corrected chi connectivity index (χ4v) is 2.22. The average Bonchev–Trinajstić information content (AvgIpc) is 2.38. The Morgan fingerprint density at radius 2 is 1.41 bits per heavy atom. The van der Waals surface area contributed by atoms with Crippen molar-refractivity contribution in [3.05, 3.63) is 0 Å². The van der Waals surface area contributed by atoms with Crippen LogP contribution in [0.5, 0.6) is 0 Å². The minimum atomic E-state index is -1.19. The second kappa shape index (κ2) is 7.80. The maximum Gasteiger partial charge on any atom is 0.305 e. The lowest BCUT2D eigenvalue weighted by Crippen LogP contribution is -2.57. The van der Waals surface area contributed by atoms with Crippen LogP contribution in [0, 0.1) is 17.8 Å². The van der Waals surface area contributed by atoms with Crippen LogP contribution in [-0.2, 0) is 33.3 Å². The van der Waals surface area contributed by atoms with Gasteiger partial charge in [-0.05, 0) is 6.92 Å². The Morgan fingerprint density at radius 3 is 1.86 bits per heavy atom. The highest BCUT2D eigenvalue weighted by atomic mass is 16.7. The van der Waals surface area contributed by atoms with Crippen LogP contribution in [0.4, 0.5) is 0 Å². The van der Waals surface area contributed by atoms with Gasteiger partial charge >= 0.3 is 17.9 Å². The zero-order valence-electron chi connectivity index (χ0n) is 13.2. The molecule has 1 unspecified atom stereocenters. The van der Waals surface area contributed by atoms with Gasteiger partial charge in [-0.3, -0.25) is 14.4 Å². The first-order valence-corrected chi connectivity index (χ1v) is 6.85. The van der Waals surface area contributed by atoms with E-state index in [1.54, 1.807) is 13.8 Å². The molecule has 1 rings (SSSR count). The predicted octanol–water partition coefficient (Wildman–Crippen LogP) is 0.797. The molecule has 1 heterocycles. The topological polar surface area (TPSA) is 88.1 Å². The van der Waals surface area contributed by atoms with Crippen molar-refractivity contribution in [1.29, 1.82) is 0 Å². The number of carbonyl (C=O) groups is 3. The van der Waals surface area contributed by atoms with E-state index in [0.29, 0.717) is 0 Å². The number of rotatable bonds is 3. The van der Waals surface area contributed by atoms with Crippen LogP contribution in [0.1, 0.15) is 34.6 Å². The standard InChI is InChI=1S/C15H20O7/c1-6-7-12-8(2)13(19-9(3)16)14(20-10(4)17)15(22-12)21-11(5)18/h8,12-15H,1-5H3/t8-,12+,13-,14+,15?/m1/s1. The fraction of sp³-hybridized carbons (Fsp3) is 0.667. The summed E-state index contributed by atoms with van der Waals surface area (Å²) in [5.74, 6) is 3.41. The first-order valence-electron chi connectivity index (χ1n) is 6.85. The number of esters is 3. The fourth-order valence-electron chi connectivity index (χ4n) is 2.22. The molecular formula is C15H20O7. The first kappa shape index (κ1) is 18.0. The number of hydrogen-bond donors (Lipinski definition) is 0. The van der Waals surface area contributed by atoms with Crippen molar-refractivity contribution >= 4 is 17.9 Å². The van der Waals surface area contributed by atoms with Gasteiger partial charge in [0.1, 0.15) is 6.10 Å². The highest BCUT2D eigenvalue weighted by molar-refractivity contribution is 5.68. The lowest BCUT2D eigenvalue weighted by molar-refractivity contribution is -0.272. The van der Waals surface area contributed by atoms with Gasteiger partial charge in [-0.25, -0.2) is 0 Å². The molecule has 1 fully saturated rings. The van der Waals surface area contributed by atoms with E-state index in [0.717, 1.165) is 0 Å². The van der Waals surface area contributed by atoms with Gasteiger partial charge in [0.15, 0.2) is 6.10 Å². The first-order chi connectivity index (χ1) is 10.3. The molecule has 0 aromatic carbocycles. The second-order valence-electron chi connectivity index (χ2n) is 4.94. The van der Waals surface area contributed by atoms with Crippen LogP contribution in [0.3, 0.4) is 0 Å². The van der Waals surface area contributed by atoms with Gasteiger partial charge in [-0.15, -0.1) is 5.92 Å². The molecule has 1 saturated heterocycles. The van der Waals surface area contributed by atoms with Gasteiger partial charge in [0.2, 0.25) is 12.4 Å². The zero-order chi connectivity index (χ0) is 16.9. The van der Waals surface area contributed by atoms with Gasteiger partial charge in [0, 0.05) is 26.7 Å². The summed E-state index contributed by atoms with van der Waals surface area (Å²) in [5, 5.41) is 0. The summed E-state index contributed by atoms with van der Waals surface area (Å²) in [7, 11) is 0.